The quantitative estimate of drug-likeness (QED) is 0.341. The van der Waals surface area contributed by atoms with Gasteiger partial charge in [0.05, 0.1) is 28.1 Å². The molecule has 1 heterocycles. The van der Waals surface area contributed by atoms with Gasteiger partial charge in [0.15, 0.2) is 0 Å². The van der Waals surface area contributed by atoms with Crippen LogP contribution in [-0.2, 0) is 11.3 Å². The van der Waals surface area contributed by atoms with Gasteiger partial charge in [-0.15, -0.1) is 0 Å². The number of aromatic nitrogens is 2. The van der Waals surface area contributed by atoms with Gasteiger partial charge in [-0.1, -0.05) is 0 Å². The van der Waals surface area contributed by atoms with Gasteiger partial charge in [-0.2, -0.15) is 0 Å². The molecule has 0 radical (unpaired) electrons. The van der Waals surface area contributed by atoms with Crippen molar-refractivity contribution in [3.05, 3.63) is 69.0 Å². The zero-order valence-corrected chi connectivity index (χ0v) is 17.7. The molecule has 1 aromatic heterocycles. The highest BCUT2D eigenvalue weighted by atomic mass is 16.6. The number of esters is 1. The van der Waals surface area contributed by atoms with Gasteiger partial charge in [0.1, 0.15) is 5.82 Å². The molecule has 0 aliphatic rings. The summed E-state index contributed by atoms with van der Waals surface area (Å²) in [7, 11) is 0. The second-order valence-electron chi connectivity index (χ2n) is 6.76. The van der Waals surface area contributed by atoms with E-state index in [0.717, 1.165) is 36.1 Å². The number of carbonyl (C=O) groups is 3. The number of nitro groups is 1. The average molecular weight is 439 g/mol. The summed E-state index contributed by atoms with van der Waals surface area (Å²) in [5.74, 6) is -1.42. The Kier molecular flexibility index (Phi) is 6.47. The van der Waals surface area contributed by atoms with Crippen LogP contribution in [0.25, 0.3) is 11.0 Å². The van der Waals surface area contributed by atoms with E-state index in [0.29, 0.717) is 5.52 Å². The fraction of sp³-hybridized carbons (Fsp3) is 0.238. The van der Waals surface area contributed by atoms with Crippen molar-refractivity contribution in [1.82, 2.24) is 20.4 Å². The first-order valence-electron chi connectivity index (χ1n) is 9.79. The summed E-state index contributed by atoms with van der Waals surface area (Å²) in [5, 5.41) is 11.2. The van der Waals surface area contributed by atoms with Crippen molar-refractivity contribution < 1.29 is 24.0 Å². The van der Waals surface area contributed by atoms with Crippen LogP contribution in [0.3, 0.4) is 0 Å². The topological polar surface area (TPSA) is 145 Å². The first kappa shape index (κ1) is 22.4. The first-order valence-corrected chi connectivity index (χ1v) is 9.79. The zero-order valence-electron chi connectivity index (χ0n) is 17.7. The summed E-state index contributed by atoms with van der Waals surface area (Å²) in [6.07, 6.45) is 0. The maximum atomic E-state index is 12.5. The van der Waals surface area contributed by atoms with Crippen LogP contribution < -0.4 is 10.9 Å². The Bertz CT molecular complexity index is 1230. The van der Waals surface area contributed by atoms with Crippen molar-refractivity contribution in [2.75, 3.05) is 6.61 Å². The summed E-state index contributed by atoms with van der Waals surface area (Å²) < 4.78 is 6.84. The summed E-state index contributed by atoms with van der Waals surface area (Å²) in [6.45, 7) is 6.25. The van der Waals surface area contributed by atoms with Crippen LogP contribution in [0.15, 0.2) is 36.4 Å². The van der Waals surface area contributed by atoms with E-state index in [1.165, 1.54) is 0 Å². The Morgan fingerprint density at radius 1 is 1.03 bits per heavy atom. The monoisotopic (exact) mass is 439 g/mol. The Morgan fingerprint density at radius 3 is 2.31 bits per heavy atom. The highest BCUT2D eigenvalue weighted by Crippen LogP contribution is 2.19. The molecular formula is C21H21N5O6. The lowest BCUT2D eigenvalue weighted by molar-refractivity contribution is -0.384. The normalized spacial score (nSPS) is 10.6. The second kappa shape index (κ2) is 9.25. The van der Waals surface area contributed by atoms with E-state index in [2.05, 4.69) is 15.8 Å². The van der Waals surface area contributed by atoms with Crippen molar-refractivity contribution in [2.45, 2.75) is 27.3 Å². The SMILES string of the molecule is CCOC(=O)c1cc(C(=O)NNC(=O)c2ccc3c(c2)nc(C)n3CC)cc([N+](=O)[O-])c1. The van der Waals surface area contributed by atoms with Crippen molar-refractivity contribution in [1.29, 1.82) is 0 Å². The number of nitrogens with one attached hydrogen (secondary N) is 2. The summed E-state index contributed by atoms with van der Waals surface area (Å²) >= 11 is 0. The van der Waals surface area contributed by atoms with Gasteiger partial charge >= 0.3 is 5.97 Å². The third-order valence-electron chi connectivity index (χ3n) is 4.71. The Labute approximate surface area is 182 Å². The number of aryl methyl sites for hydroxylation is 2. The van der Waals surface area contributed by atoms with Crippen LogP contribution in [0.5, 0.6) is 0 Å². The number of nitrogens with zero attached hydrogens (tertiary/aromatic N) is 3. The average Bonchev–Trinajstić information content (AvgIpc) is 3.10. The molecule has 2 aromatic carbocycles. The molecule has 32 heavy (non-hydrogen) atoms. The fourth-order valence-corrected chi connectivity index (χ4v) is 3.23. The number of hydrogen-bond acceptors (Lipinski definition) is 7. The van der Waals surface area contributed by atoms with E-state index in [-0.39, 0.29) is 23.3 Å². The number of carbonyl (C=O) groups excluding carboxylic acids is 3. The minimum Gasteiger partial charge on any atom is -0.462 e. The van der Waals surface area contributed by atoms with Gasteiger partial charge in [0, 0.05) is 29.8 Å². The summed E-state index contributed by atoms with van der Waals surface area (Å²) in [5.41, 5.74) is 5.46. The lowest BCUT2D eigenvalue weighted by Gasteiger charge is -2.09. The second-order valence-corrected chi connectivity index (χ2v) is 6.76. The van der Waals surface area contributed by atoms with Crippen LogP contribution in [-0.4, -0.2) is 38.9 Å². The van der Waals surface area contributed by atoms with Gasteiger partial charge < -0.3 is 9.30 Å². The van der Waals surface area contributed by atoms with Gasteiger partial charge in [0.2, 0.25) is 0 Å². The Hall–Kier alpha value is -4.28. The molecule has 0 bridgehead atoms. The van der Waals surface area contributed by atoms with E-state index < -0.39 is 28.4 Å². The number of non-ortho nitro benzene ring substituents is 1. The zero-order chi connectivity index (χ0) is 23.4. The molecule has 0 aliphatic heterocycles. The van der Waals surface area contributed by atoms with E-state index in [4.69, 9.17) is 4.74 Å². The molecule has 0 spiro atoms. The first-order chi connectivity index (χ1) is 15.2. The molecule has 0 unspecified atom stereocenters. The molecule has 2 N–H and O–H groups in total. The molecule has 0 aliphatic carbocycles. The van der Waals surface area contributed by atoms with E-state index in [1.807, 2.05) is 18.4 Å². The standard InChI is InChI=1S/C21H21N5O6/c1-4-25-12(3)22-17-11-13(6-7-18(17)25)19(27)23-24-20(28)14-8-15(21(29)32-5-2)10-16(9-14)26(30)31/h6-11H,4-5H2,1-3H3,(H,23,27)(H,24,28). The maximum absolute atomic E-state index is 12.5. The third-order valence-corrected chi connectivity index (χ3v) is 4.71. The Balaban J connectivity index is 1.77. The van der Waals surface area contributed by atoms with Crippen molar-refractivity contribution in [3.8, 4) is 0 Å². The van der Waals surface area contributed by atoms with E-state index in [9.17, 15) is 24.5 Å². The predicted molar refractivity (Wildman–Crippen MR) is 114 cm³/mol. The number of rotatable bonds is 6. The predicted octanol–water partition coefficient (Wildman–Crippen LogP) is 2.52. The largest absolute Gasteiger partial charge is 0.462 e. The molecule has 3 rings (SSSR count). The maximum Gasteiger partial charge on any atom is 0.338 e. The lowest BCUT2D eigenvalue weighted by atomic mass is 10.1. The number of amides is 2. The number of fused-ring (bicyclic) bond motifs is 1. The molecule has 0 saturated heterocycles. The van der Waals surface area contributed by atoms with Crippen LogP contribution in [0.4, 0.5) is 5.69 Å². The number of nitro benzene ring substituents is 1. The van der Waals surface area contributed by atoms with Gasteiger partial charge in [-0.3, -0.25) is 30.6 Å². The van der Waals surface area contributed by atoms with Crippen LogP contribution in [0, 0.1) is 17.0 Å². The number of imidazole rings is 1. The minimum atomic E-state index is -0.834. The van der Waals surface area contributed by atoms with Crippen molar-refractivity contribution in [3.63, 3.8) is 0 Å². The Morgan fingerprint density at radius 2 is 1.69 bits per heavy atom. The number of benzene rings is 2. The van der Waals surface area contributed by atoms with Gasteiger partial charge in [0.25, 0.3) is 17.5 Å². The third kappa shape index (κ3) is 4.56. The lowest BCUT2D eigenvalue weighted by Crippen LogP contribution is -2.41. The molecule has 0 fully saturated rings. The smallest absolute Gasteiger partial charge is 0.338 e. The van der Waals surface area contributed by atoms with Crippen LogP contribution in [0.1, 0.15) is 50.7 Å². The molecule has 0 saturated carbocycles. The van der Waals surface area contributed by atoms with Crippen LogP contribution >= 0.6 is 0 Å². The number of ether oxygens (including phenoxy) is 1. The van der Waals surface area contributed by atoms with E-state index >= 15 is 0 Å². The molecule has 166 valence electrons. The number of hydrogen-bond donors (Lipinski definition) is 2. The highest BCUT2D eigenvalue weighted by Gasteiger charge is 2.19. The van der Waals surface area contributed by atoms with Gasteiger partial charge in [-0.05, 0) is 45.0 Å². The summed E-state index contributed by atoms with van der Waals surface area (Å²) in [4.78, 5) is 51.7. The van der Waals surface area contributed by atoms with Crippen molar-refractivity contribution in [2.24, 2.45) is 0 Å². The summed E-state index contributed by atoms with van der Waals surface area (Å²) in [6, 6.07) is 8.13. The number of hydrazine groups is 1. The molecular weight excluding hydrogens is 418 g/mol. The molecule has 0 atom stereocenters. The fourth-order valence-electron chi connectivity index (χ4n) is 3.23. The van der Waals surface area contributed by atoms with Crippen molar-refractivity contribution >= 4 is 34.5 Å². The van der Waals surface area contributed by atoms with Crippen LogP contribution in [0.2, 0.25) is 0 Å². The minimum absolute atomic E-state index is 0.0689. The molecule has 11 nitrogen and oxygen atoms in total. The molecule has 11 heteroatoms. The van der Waals surface area contributed by atoms with Gasteiger partial charge in [-0.25, -0.2) is 9.78 Å². The van der Waals surface area contributed by atoms with E-state index in [1.54, 1.807) is 25.1 Å². The highest BCUT2D eigenvalue weighted by molar-refractivity contribution is 6.02. The molecule has 3 aromatic rings. The molecule has 2 amide bonds.